The zero-order valence-electron chi connectivity index (χ0n) is 18.3. The van der Waals surface area contributed by atoms with Crippen molar-refractivity contribution in [2.45, 2.75) is 32.9 Å². The van der Waals surface area contributed by atoms with Gasteiger partial charge >= 0.3 is 0 Å². The Labute approximate surface area is 194 Å². The molecule has 3 rings (SSSR count). The van der Waals surface area contributed by atoms with Crippen molar-refractivity contribution in [3.05, 3.63) is 70.4 Å². The highest BCUT2D eigenvalue weighted by Gasteiger charge is 2.27. The molecule has 1 heterocycles. The van der Waals surface area contributed by atoms with E-state index in [0.29, 0.717) is 16.8 Å². The topological polar surface area (TPSA) is 131 Å². The summed E-state index contributed by atoms with van der Waals surface area (Å²) in [6, 6.07) is 10.8. The Morgan fingerprint density at radius 1 is 1.00 bits per heavy atom. The molecule has 0 aliphatic rings. The summed E-state index contributed by atoms with van der Waals surface area (Å²) in [6.45, 7) is 5.29. The average molecular weight is 470 g/mol. The van der Waals surface area contributed by atoms with Gasteiger partial charge in [-0.1, -0.05) is 23.5 Å². The summed E-state index contributed by atoms with van der Waals surface area (Å²) in [6.07, 6.45) is 0. The van der Waals surface area contributed by atoms with Crippen molar-refractivity contribution in [2.24, 2.45) is 5.73 Å². The molecular formula is C23H24FN5O3S. The van der Waals surface area contributed by atoms with E-state index in [1.54, 1.807) is 31.2 Å². The Kier molecular flexibility index (Phi) is 7.07. The van der Waals surface area contributed by atoms with Gasteiger partial charge in [0.05, 0.1) is 0 Å². The van der Waals surface area contributed by atoms with Crippen LogP contribution in [-0.2, 0) is 4.79 Å². The highest BCUT2D eigenvalue weighted by molar-refractivity contribution is 7.18. The minimum Gasteiger partial charge on any atom is -0.382 e. The number of nitrogens with one attached hydrogen (secondary N) is 1. The lowest BCUT2D eigenvalue weighted by molar-refractivity contribution is -0.118. The number of benzene rings is 2. The second-order valence-corrected chi connectivity index (χ2v) is 8.65. The number of hydrogen-bond acceptors (Lipinski definition) is 7. The summed E-state index contributed by atoms with van der Waals surface area (Å²) < 4.78 is 13.4. The standard InChI is InChI=1S/C23H24FN5O3S/c1-12(2)27-22(32)15-6-4-14(5-7-15)18(30)19-20(25)28-23(33-19)29(13(3)21(26)31)17-10-8-16(24)9-11-17/h4-13H,25H2,1-3H3,(H2,26,31)(H,27,32)/t13-/m1/s1. The van der Waals surface area contributed by atoms with Crippen molar-refractivity contribution >= 4 is 45.6 Å². The number of nitrogen functional groups attached to an aromatic ring is 1. The first-order valence-corrected chi connectivity index (χ1v) is 11.0. The molecule has 0 fully saturated rings. The first-order chi connectivity index (χ1) is 15.6. The number of aromatic nitrogens is 1. The number of primary amides is 1. The molecule has 0 spiro atoms. The quantitative estimate of drug-likeness (QED) is 0.434. The zero-order valence-corrected chi connectivity index (χ0v) is 19.2. The van der Waals surface area contributed by atoms with Crippen LogP contribution in [0.2, 0.25) is 0 Å². The molecule has 33 heavy (non-hydrogen) atoms. The fourth-order valence-corrected chi connectivity index (χ4v) is 4.11. The Morgan fingerprint density at radius 3 is 2.12 bits per heavy atom. The third-order valence-corrected chi connectivity index (χ3v) is 5.86. The van der Waals surface area contributed by atoms with Gasteiger partial charge in [-0.2, -0.15) is 0 Å². The second kappa shape index (κ2) is 9.78. The van der Waals surface area contributed by atoms with Gasteiger partial charge in [0.2, 0.25) is 11.7 Å². The number of nitrogens with zero attached hydrogens (tertiary/aromatic N) is 2. The van der Waals surface area contributed by atoms with Gasteiger partial charge in [-0.3, -0.25) is 14.4 Å². The number of rotatable bonds is 8. The number of halogens is 1. The van der Waals surface area contributed by atoms with Crippen LogP contribution in [0.5, 0.6) is 0 Å². The number of carbonyl (C=O) groups is 3. The molecule has 2 amide bonds. The maximum absolute atomic E-state index is 13.4. The van der Waals surface area contributed by atoms with E-state index in [1.165, 1.54) is 29.2 Å². The number of amides is 2. The molecule has 1 aromatic heterocycles. The Morgan fingerprint density at radius 2 is 1.58 bits per heavy atom. The van der Waals surface area contributed by atoms with Crippen LogP contribution in [0.1, 0.15) is 46.4 Å². The molecule has 0 radical (unpaired) electrons. The number of anilines is 3. The Hall–Kier alpha value is -3.79. The summed E-state index contributed by atoms with van der Waals surface area (Å²) in [5.41, 5.74) is 12.8. The predicted octanol–water partition coefficient (Wildman–Crippen LogP) is 3.25. The molecule has 0 bridgehead atoms. The van der Waals surface area contributed by atoms with Crippen LogP contribution in [0.25, 0.3) is 0 Å². The Balaban J connectivity index is 1.93. The van der Waals surface area contributed by atoms with Gasteiger partial charge in [-0.15, -0.1) is 0 Å². The van der Waals surface area contributed by atoms with Crippen molar-refractivity contribution in [2.75, 3.05) is 10.6 Å². The fraction of sp³-hybridized carbons (Fsp3) is 0.217. The predicted molar refractivity (Wildman–Crippen MR) is 126 cm³/mol. The van der Waals surface area contributed by atoms with Gasteiger partial charge in [-0.05, 0) is 57.2 Å². The lowest BCUT2D eigenvalue weighted by Crippen LogP contribution is -2.39. The van der Waals surface area contributed by atoms with Crippen molar-refractivity contribution in [3.8, 4) is 0 Å². The minimum atomic E-state index is -0.831. The molecule has 0 saturated carbocycles. The minimum absolute atomic E-state index is 0.00888. The summed E-state index contributed by atoms with van der Waals surface area (Å²) >= 11 is 0.994. The number of nitrogens with two attached hydrogens (primary N) is 2. The van der Waals surface area contributed by atoms with Gasteiger partial charge in [0.1, 0.15) is 22.6 Å². The van der Waals surface area contributed by atoms with Crippen LogP contribution in [0.4, 0.5) is 21.0 Å². The third kappa shape index (κ3) is 5.35. The number of thiazole rings is 1. The average Bonchev–Trinajstić information content (AvgIpc) is 3.15. The van der Waals surface area contributed by atoms with Crippen molar-refractivity contribution < 1.29 is 18.8 Å². The van der Waals surface area contributed by atoms with Crippen LogP contribution in [-0.4, -0.2) is 34.7 Å². The van der Waals surface area contributed by atoms with Crippen molar-refractivity contribution in [1.82, 2.24) is 10.3 Å². The highest BCUT2D eigenvalue weighted by atomic mass is 32.1. The molecule has 0 unspecified atom stereocenters. The third-order valence-electron chi connectivity index (χ3n) is 4.79. The summed E-state index contributed by atoms with van der Waals surface area (Å²) in [7, 11) is 0. The maximum Gasteiger partial charge on any atom is 0.251 e. The molecular weight excluding hydrogens is 445 g/mol. The molecule has 0 aliphatic heterocycles. The summed E-state index contributed by atoms with van der Waals surface area (Å²) in [5.74, 6) is -1.69. The molecule has 3 aromatic rings. The molecule has 2 aromatic carbocycles. The van der Waals surface area contributed by atoms with Crippen LogP contribution >= 0.6 is 11.3 Å². The summed E-state index contributed by atoms with van der Waals surface area (Å²) in [4.78, 5) is 43.1. The van der Waals surface area contributed by atoms with Crippen LogP contribution in [0.15, 0.2) is 48.5 Å². The van der Waals surface area contributed by atoms with Crippen molar-refractivity contribution in [3.63, 3.8) is 0 Å². The molecule has 0 aliphatic carbocycles. The number of carbonyl (C=O) groups excluding carboxylic acids is 3. The molecule has 5 N–H and O–H groups in total. The molecule has 0 saturated heterocycles. The van der Waals surface area contributed by atoms with Gasteiger partial charge in [-0.25, -0.2) is 9.37 Å². The van der Waals surface area contributed by atoms with E-state index < -0.39 is 17.8 Å². The molecule has 10 heteroatoms. The van der Waals surface area contributed by atoms with E-state index in [4.69, 9.17) is 11.5 Å². The molecule has 8 nitrogen and oxygen atoms in total. The summed E-state index contributed by atoms with van der Waals surface area (Å²) in [5, 5.41) is 3.05. The monoisotopic (exact) mass is 469 g/mol. The molecule has 172 valence electrons. The first kappa shape index (κ1) is 23.9. The van der Waals surface area contributed by atoms with Crippen molar-refractivity contribution in [1.29, 1.82) is 0 Å². The van der Waals surface area contributed by atoms with E-state index in [9.17, 15) is 18.8 Å². The maximum atomic E-state index is 13.4. The SMILES string of the molecule is CC(C)NC(=O)c1ccc(C(=O)c2sc(N(c3ccc(F)cc3)[C@H](C)C(N)=O)nc2N)cc1. The van der Waals surface area contributed by atoms with E-state index in [2.05, 4.69) is 10.3 Å². The number of hydrogen-bond donors (Lipinski definition) is 3. The fourth-order valence-electron chi connectivity index (χ4n) is 3.06. The Bertz CT molecular complexity index is 1180. The van der Waals surface area contributed by atoms with E-state index in [1.807, 2.05) is 13.8 Å². The van der Waals surface area contributed by atoms with Crippen LogP contribution in [0.3, 0.4) is 0 Å². The van der Waals surface area contributed by atoms with Crippen LogP contribution in [0, 0.1) is 5.82 Å². The van der Waals surface area contributed by atoms with Gasteiger partial charge in [0, 0.05) is 22.9 Å². The lowest BCUT2D eigenvalue weighted by atomic mass is 10.1. The highest BCUT2D eigenvalue weighted by Crippen LogP contribution is 2.36. The van der Waals surface area contributed by atoms with Gasteiger partial charge < -0.3 is 21.7 Å². The molecule has 1 atom stereocenters. The van der Waals surface area contributed by atoms with E-state index >= 15 is 0 Å². The van der Waals surface area contributed by atoms with Gasteiger partial charge in [0.25, 0.3) is 5.91 Å². The van der Waals surface area contributed by atoms with E-state index in [0.717, 1.165) is 11.3 Å². The normalized spacial score (nSPS) is 11.8. The largest absolute Gasteiger partial charge is 0.382 e. The number of ketones is 1. The second-order valence-electron chi connectivity index (χ2n) is 7.67. The smallest absolute Gasteiger partial charge is 0.251 e. The van der Waals surface area contributed by atoms with E-state index in [-0.39, 0.29) is 33.6 Å². The van der Waals surface area contributed by atoms with Gasteiger partial charge in [0.15, 0.2) is 5.13 Å². The lowest BCUT2D eigenvalue weighted by Gasteiger charge is -2.26. The first-order valence-electron chi connectivity index (χ1n) is 10.1. The van der Waals surface area contributed by atoms with Crippen LogP contribution < -0.4 is 21.7 Å². The zero-order chi connectivity index (χ0) is 24.3.